The zero-order chi connectivity index (χ0) is 93.4. The molecule has 13 aromatic rings. The zero-order valence-corrected chi connectivity index (χ0v) is 82.4. The fourth-order valence-corrected chi connectivity index (χ4v) is 15.0. The summed E-state index contributed by atoms with van der Waals surface area (Å²) in [6.45, 7) is 67.7. The van der Waals surface area contributed by atoms with Gasteiger partial charge in [-0.15, -0.1) is 5.10 Å². The number of hydrogen-bond donors (Lipinski definition) is 2. The fraction of sp³-hybridized carbons (Fsp3) is 0.468. The summed E-state index contributed by atoms with van der Waals surface area (Å²) in [5, 5.41) is 24.8. The van der Waals surface area contributed by atoms with Gasteiger partial charge in [0.2, 0.25) is 0 Å². The molecule has 18 rings (SSSR count). The van der Waals surface area contributed by atoms with Gasteiger partial charge in [-0.25, -0.2) is 9.67 Å². The number of methoxy groups -OCH3 is 1. The van der Waals surface area contributed by atoms with Gasteiger partial charge < -0.3 is 47.5 Å². The summed E-state index contributed by atoms with van der Waals surface area (Å²) in [7, 11) is 3.44. The van der Waals surface area contributed by atoms with E-state index in [1.54, 1.807) is 10.9 Å². The molecule has 1 atom stereocenters. The fourth-order valence-electron chi connectivity index (χ4n) is 15.0. The second-order valence-electron chi connectivity index (χ2n) is 43.6. The minimum atomic E-state index is -1.21. The largest absolute Gasteiger partial charge is 0.493 e. The van der Waals surface area contributed by atoms with Crippen LogP contribution in [0.15, 0.2) is 185 Å². The first kappa shape index (κ1) is 98.8. The van der Waals surface area contributed by atoms with Crippen LogP contribution < -0.4 is 18.9 Å². The van der Waals surface area contributed by atoms with Crippen molar-refractivity contribution in [1.82, 2.24) is 30.1 Å². The Bertz CT molecular complexity index is 5790. The Morgan fingerprint density at radius 2 is 0.906 bits per heavy atom. The number of ether oxygens (including phenoxy) is 6. The van der Waals surface area contributed by atoms with E-state index in [0.29, 0.717) is 31.8 Å². The molecule has 2 N–H and O–H groups in total. The van der Waals surface area contributed by atoms with E-state index >= 15 is 0 Å². The third kappa shape index (κ3) is 26.4. The van der Waals surface area contributed by atoms with Crippen LogP contribution in [-0.4, -0.2) is 74.5 Å². The maximum absolute atomic E-state index is 11.7. The molecule has 0 saturated heterocycles. The first-order valence-corrected chi connectivity index (χ1v) is 45.3. The second-order valence-corrected chi connectivity index (χ2v) is 43.6. The number of furan rings is 1. The Hall–Kier alpha value is -10.4. The minimum Gasteiger partial charge on any atom is -0.493 e. The van der Waals surface area contributed by atoms with E-state index < -0.39 is 5.79 Å². The molecule has 5 aliphatic heterocycles. The average Bonchev–Trinajstić information content (AvgIpc) is 1.75. The summed E-state index contributed by atoms with van der Waals surface area (Å²) in [5.74, 6) is 3.59. The van der Waals surface area contributed by atoms with Gasteiger partial charge in [-0.1, -0.05) is 282 Å². The number of aliphatic hydroxyl groups is 1. The predicted octanol–water partition coefficient (Wildman–Crippen LogP) is 27.3. The Kier molecular flexibility index (Phi) is 30.9. The topological polar surface area (TPSA) is 191 Å². The molecule has 0 amide bonds. The second kappa shape index (κ2) is 39.7. The molecule has 0 spiro atoms. The summed E-state index contributed by atoms with van der Waals surface area (Å²) < 4.78 is 45.1. The molecule has 0 fully saturated rings. The number of aryl methyl sites for hydroxylation is 4. The van der Waals surface area contributed by atoms with E-state index in [2.05, 4.69) is 334 Å². The molecular formula is C111H146N6O10. The molecule has 0 radical (unpaired) electrons. The van der Waals surface area contributed by atoms with Crippen molar-refractivity contribution in [3.8, 4) is 23.0 Å². The normalized spacial score (nSPS) is 15.4. The van der Waals surface area contributed by atoms with Crippen molar-refractivity contribution in [2.45, 2.75) is 301 Å². The quantitative estimate of drug-likeness (QED) is 0.148. The van der Waals surface area contributed by atoms with Crippen LogP contribution in [0, 0.1) is 13.8 Å². The van der Waals surface area contributed by atoms with Crippen LogP contribution in [0.4, 0.5) is 0 Å². The van der Waals surface area contributed by atoms with Crippen molar-refractivity contribution in [2.24, 2.45) is 7.05 Å². The molecule has 0 saturated carbocycles. The maximum atomic E-state index is 11.7. The first-order valence-electron chi connectivity index (χ1n) is 45.3. The van der Waals surface area contributed by atoms with Crippen molar-refractivity contribution in [2.75, 3.05) is 33.5 Å². The van der Waals surface area contributed by atoms with Gasteiger partial charge in [-0.2, -0.15) is 0 Å². The Balaban J connectivity index is 0.000000149. The smallest absolute Gasteiger partial charge is 0.198 e. The molecule has 1 unspecified atom stereocenters. The standard InChI is InChI=1S/C14H20O3.C13H16O2.C13H18O.C12H16N2.C12H15NO.2C12H16O.C12H14O.C11H15N3/c1-13(2,3)10-5-6-12-11(9-10)14(15,16-4)7-8-17-12;1-13(2,3)9-4-5-12-10(8-9)11(14)6-7-15-12;1-13(2,3)11-6-7-12-10(9-11)5-4-8-14-12;1-8-13-10-6-5-9(12(2,3)4)7-11(10)14-8;1-8-10-7-9(12(2,3)4)5-6-11(10)14-13-8;1-12(2,3)11-5-4-9-7-13-8-10(9)6-11;2*1-12(2,3)10-5-4-9-6-7-13-11(9)8-10;1-11(2,3)8-5-6-10-9(7-8)12-13-14(10)4/h5-6,9,15H,7-8H2,1-4H3;4-5,8H,6-7H2,1-3H3;6-7,9H,4-5,8H2,1-3H3;5-7H,1-4H3,(H,13,14);5-7H,1-4H3;4-6H,7-8H2,1-3H3;4-5,8H,6-7H2,1-3H3;4-8H,1-3H3;5-7H,1-4H3. The van der Waals surface area contributed by atoms with Gasteiger partial charge in [-0.3, -0.25) is 4.79 Å². The summed E-state index contributed by atoms with van der Waals surface area (Å²) in [6, 6.07) is 59.2. The van der Waals surface area contributed by atoms with Crippen LogP contribution in [0.5, 0.6) is 23.0 Å². The van der Waals surface area contributed by atoms with Gasteiger partial charge in [-0.05, 0) is 233 Å². The van der Waals surface area contributed by atoms with Crippen LogP contribution >= 0.6 is 0 Å². The van der Waals surface area contributed by atoms with E-state index in [1.165, 1.54) is 85.7 Å². The Morgan fingerprint density at radius 3 is 1.54 bits per heavy atom. The highest BCUT2D eigenvalue weighted by molar-refractivity contribution is 6.00. The third-order valence-corrected chi connectivity index (χ3v) is 23.7. The molecular weight excluding hydrogens is 1580 g/mol. The molecule has 5 aliphatic rings. The highest BCUT2D eigenvalue weighted by atomic mass is 16.6. The highest BCUT2D eigenvalue weighted by Crippen LogP contribution is 2.42. The molecule has 9 heterocycles. The minimum absolute atomic E-state index is 0.0428. The third-order valence-electron chi connectivity index (χ3n) is 23.7. The molecule has 9 aromatic carbocycles. The number of rotatable bonds is 1. The average molecular weight is 1720 g/mol. The van der Waals surface area contributed by atoms with Crippen LogP contribution in [-0.2, 0) is 97.1 Å². The molecule has 16 nitrogen and oxygen atoms in total. The number of Topliss-reactive ketones (excluding diaryl/α,β-unsaturated/α-hetero) is 1. The number of aromatic amines is 1. The lowest BCUT2D eigenvalue weighted by Gasteiger charge is -2.34. The molecule has 0 aliphatic carbocycles. The lowest BCUT2D eigenvalue weighted by atomic mass is 9.84. The number of ketones is 1. The van der Waals surface area contributed by atoms with Crippen LogP contribution in [0.2, 0.25) is 0 Å². The zero-order valence-electron chi connectivity index (χ0n) is 82.4. The number of carbonyl (C=O) groups excluding carboxylic acids is 1. The van der Waals surface area contributed by atoms with E-state index in [4.69, 9.17) is 37.4 Å². The number of fused-ring (bicyclic) bond motifs is 9. The van der Waals surface area contributed by atoms with E-state index in [1.807, 2.05) is 69.4 Å². The monoisotopic (exact) mass is 1720 g/mol. The van der Waals surface area contributed by atoms with Crippen LogP contribution in [0.1, 0.15) is 306 Å². The van der Waals surface area contributed by atoms with E-state index in [-0.39, 0.29) is 54.5 Å². The van der Waals surface area contributed by atoms with Gasteiger partial charge in [0, 0.05) is 44.2 Å². The lowest BCUT2D eigenvalue weighted by Crippen LogP contribution is -2.34. The van der Waals surface area contributed by atoms with Crippen molar-refractivity contribution in [3.63, 3.8) is 0 Å². The van der Waals surface area contributed by atoms with E-state index in [9.17, 15) is 9.90 Å². The molecule has 127 heavy (non-hydrogen) atoms. The molecule has 0 bridgehead atoms. The number of carbonyl (C=O) groups is 1. The van der Waals surface area contributed by atoms with Crippen molar-refractivity contribution >= 4 is 49.8 Å². The van der Waals surface area contributed by atoms with Gasteiger partial charge in [0.1, 0.15) is 39.9 Å². The Labute approximate surface area is 758 Å². The van der Waals surface area contributed by atoms with Gasteiger partial charge in [0.25, 0.3) is 0 Å². The summed E-state index contributed by atoms with van der Waals surface area (Å²) in [5.41, 5.74) is 27.3. The van der Waals surface area contributed by atoms with E-state index in [0.717, 1.165) is 123 Å². The van der Waals surface area contributed by atoms with Gasteiger partial charge >= 0.3 is 0 Å². The number of benzene rings is 9. The SMILES string of the molecule is CC(C)(C)c1ccc2c(c1)C(=O)CCO2.CC(C)(C)c1ccc2c(c1)CCCO2.CC(C)(C)c1ccc2c(c1)COC2.CC(C)(C)c1ccc2c(c1)OCC2.CC(C)(C)c1ccc2ccoc2c1.COC1(O)CCOc2ccc(C(C)(C)C)cc21.Cc1nc2ccc(C(C)(C)C)cc2[nH]1.Cc1noc2ccc(C(C)(C)C)cc12.Cn1nnc2cc(C(C)(C)C)ccc21. The van der Waals surface area contributed by atoms with Crippen molar-refractivity contribution < 1.29 is 47.3 Å². The summed E-state index contributed by atoms with van der Waals surface area (Å²) >= 11 is 0. The number of nitrogens with one attached hydrogen (secondary N) is 1. The number of H-pyrrole nitrogens is 1. The number of imidazole rings is 1. The van der Waals surface area contributed by atoms with Crippen molar-refractivity contribution in [3.05, 3.63) is 271 Å². The summed E-state index contributed by atoms with van der Waals surface area (Å²) in [4.78, 5) is 19.3. The molecule has 680 valence electrons. The van der Waals surface area contributed by atoms with Crippen LogP contribution in [0.25, 0.3) is 44.0 Å². The number of aromatic nitrogens is 6. The van der Waals surface area contributed by atoms with Crippen molar-refractivity contribution in [1.29, 1.82) is 0 Å². The first-order chi connectivity index (χ1) is 59.1. The highest BCUT2D eigenvalue weighted by Gasteiger charge is 2.37. The lowest BCUT2D eigenvalue weighted by molar-refractivity contribution is -0.209. The molecule has 16 heteroatoms. The Morgan fingerprint density at radius 1 is 0.425 bits per heavy atom. The maximum Gasteiger partial charge on any atom is 0.198 e. The molecule has 4 aromatic heterocycles. The van der Waals surface area contributed by atoms with Crippen LogP contribution in [0.3, 0.4) is 0 Å². The number of hydrogen-bond acceptors (Lipinski definition) is 14. The van der Waals surface area contributed by atoms with Gasteiger partial charge in [0.15, 0.2) is 17.2 Å². The predicted molar refractivity (Wildman–Crippen MR) is 522 cm³/mol. The number of nitrogens with zero attached hydrogens (tertiary/aromatic N) is 5. The van der Waals surface area contributed by atoms with Gasteiger partial charge in [0.05, 0.1) is 79.3 Å². The summed E-state index contributed by atoms with van der Waals surface area (Å²) in [6.07, 6.45) is 6.08.